The fourth-order valence-corrected chi connectivity index (χ4v) is 6.83. The molecule has 0 amide bonds. The summed E-state index contributed by atoms with van der Waals surface area (Å²) in [5.41, 5.74) is 4.65. The van der Waals surface area contributed by atoms with Crippen LogP contribution in [0, 0.1) is 5.41 Å². The molecule has 7 nitrogen and oxygen atoms in total. The van der Waals surface area contributed by atoms with Crippen LogP contribution in [0.2, 0.25) is 5.02 Å². The number of phenolic OH excluding ortho intramolecular Hbond substituents is 1. The highest BCUT2D eigenvalue weighted by atomic mass is 35.5. The molecule has 3 aliphatic rings. The van der Waals surface area contributed by atoms with Crippen LogP contribution in [-0.2, 0) is 0 Å². The fourth-order valence-electron chi connectivity index (χ4n) is 6.54. The van der Waals surface area contributed by atoms with E-state index in [1.807, 2.05) is 24.4 Å². The Kier molecular flexibility index (Phi) is 6.06. The number of piperazine rings is 1. The van der Waals surface area contributed by atoms with Gasteiger partial charge in [0, 0.05) is 65.4 Å². The number of benzene rings is 2. The average molecular weight is 544 g/mol. The summed E-state index contributed by atoms with van der Waals surface area (Å²) in [6.45, 7) is 3.59. The summed E-state index contributed by atoms with van der Waals surface area (Å²) in [7, 11) is 4.24. The second kappa shape index (κ2) is 9.51. The minimum absolute atomic E-state index is 0.192. The zero-order valence-corrected chi connectivity index (χ0v) is 23.2. The molecular formula is C31H34ClN5O2. The van der Waals surface area contributed by atoms with Gasteiger partial charge in [0.1, 0.15) is 11.3 Å². The van der Waals surface area contributed by atoms with E-state index in [-0.39, 0.29) is 11.2 Å². The van der Waals surface area contributed by atoms with Gasteiger partial charge in [-0.25, -0.2) is 4.98 Å². The van der Waals surface area contributed by atoms with Crippen LogP contribution in [0.5, 0.6) is 11.6 Å². The highest BCUT2D eigenvalue weighted by molar-refractivity contribution is 6.36. The predicted molar refractivity (Wildman–Crippen MR) is 157 cm³/mol. The Hall–Kier alpha value is -3.13. The molecule has 4 aromatic rings. The minimum atomic E-state index is 0.192. The number of anilines is 1. The summed E-state index contributed by atoms with van der Waals surface area (Å²) in [5.74, 6) is 0.837. The molecule has 8 heteroatoms. The summed E-state index contributed by atoms with van der Waals surface area (Å²) in [6, 6.07) is 14.4. The third-order valence-electron chi connectivity index (χ3n) is 8.52. The molecule has 7 rings (SSSR count). The Bertz CT molecular complexity index is 1560. The number of aromatic nitrogens is 2. The molecule has 4 heterocycles. The first-order valence-electron chi connectivity index (χ1n) is 13.9. The van der Waals surface area contributed by atoms with Gasteiger partial charge in [0.25, 0.3) is 0 Å². The van der Waals surface area contributed by atoms with Crippen molar-refractivity contribution in [1.82, 2.24) is 20.2 Å². The van der Waals surface area contributed by atoms with Gasteiger partial charge in [-0.2, -0.15) is 0 Å². The molecule has 0 spiro atoms. The number of nitrogens with one attached hydrogen (secondary N) is 1. The number of hydrogen-bond acceptors (Lipinski definition) is 7. The smallest absolute Gasteiger partial charge is 0.216 e. The first-order chi connectivity index (χ1) is 18.9. The van der Waals surface area contributed by atoms with Crippen LogP contribution in [-0.4, -0.2) is 72.4 Å². The Morgan fingerprint density at radius 1 is 1.13 bits per heavy atom. The van der Waals surface area contributed by atoms with Crippen molar-refractivity contribution in [2.75, 3.05) is 45.2 Å². The highest BCUT2D eigenvalue weighted by Crippen LogP contribution is 2.46. The maximum atomic E-state index is 10.5. The van der Waals surface area contributed by atoms with Gasteiger partial charge in [-0.1, -0.05) is 23.7 Å². The third kappa shape index (κ3) is 4.77. The van der Waals surface area contributed by atoms with E-state index < -0.39 is 0 Å². The van der Waals surface area contributed by atoms with E-state index in [4.69, 9.17) is 26.3 Å². The molecule has 2 aliphatic heterocycles. The third-order valence-corrected chi connectivity index (χ3v) is 8.83. The zero-order chi connectivity index (χ0) is 26.7. The van der Waals surface area contributed by atoms with Gasteiger partial charge in [0.05, 0.1) is 17.8 Å². The summed E-state index contributed by atoms with van der Waals surface area (Å²) in [5, 5.41) is 16.6. The van der Waals surface area contributed by atoms with E-state index in [9.17, 15) is 5.11 Å². The number of halogens is 1. The maximum absolute atomic E-state index is 10.5. The van der Waals surface area contributed by atoms with Crippen molar-refractivity contribution in [3.05, 3.63) is 53.7 Å². The van der Waals surface area contributed by atoms with E-state index in [1.165, 1.54) is 25.7 Å². The lowest BCUT2D eigenvalue weighted by Crippen LogP contribution is -2.51. The van der Waals surface area contributed by atoms with Gasteiger partial charge in [-0.15, -0.1) is 0 Å². The van der Waals surface area contributed by atoms with Gasteiger partial charge in [-0.3, -0.25) is 4.98 Å². The first-order valence-corrected chi connectivity index (χ1v) is 14.2. The lowest BCUT2D eigenvalue weighted by molar-refractivity contribution is 0.189. The topological polar surface area (TPSA) is 73.8 Å². The lowest BCUT2D eigenvalue weighted by Gasteiger charge is -2.35. The summed E-state index contributed by atoms with van der Waals surface area (Å²) in [6.07, 6.45) is 6.67. The van der Waals surface area contributed by atoms with Crippen LogP contribution in [0.15, 0.2) is 48.7 Å². The predicted octanol–water partition coefficient (Wildman–Crippen LogP) is 5.47. The molecule has 2 saturated heterocycles. The first kappa shape index (κ1) is 24.9. The maximum Gasteiger partial charge on any atom is 0.216 e. The number of fused-ring (bicyclic) bond motifs is 4. The number of rotatable bonds is 7. The molecule has 2 aromatic heterocycles. The second-order valence-electron chi connectivity index (χ2n) is 12.0. The molecule has 2 N–H and O–H groups in total. The monoisotopic (exact) mass is 543 g/mol. The number of nitrogens with zero attached hydrogens (tertiary/aromatic N) is 4. The second-order valence-corrected chi connectivity index (χ2v) is 12.4. The van der Waals surface area contributed by atoms with Crippen LogP contribution in [0.4, 0.5) is 5.69 Å². The van der Waals surface area contributed by atoms with Crippen LogP contribution >= 0.6 is 11.6 Å². The van der Waals surface area contributed by atoms with Gasteiger partial charge in [-0.05, 0) is 75.0 Å². The number of aromatic hydroxyl groups is 1. The van der Waals surface area contributed by atoms with E-state index in [0.29, 0.717) is 29.6 Å². The molecule has 1 aliphatic carbocycles. The van der Waals surface area contributed by atoms with Crippen molar-refractivity contribution >= 4 is 39.1 Å². The molecule has 202 valence electrons. The quantitative estimate of drug-likeness (QED) is 0.320. The fraction of sp³-hybridized carbons (Fsp3) is 0.419. The van der Waals surface area contributed by atoms with Crippen molar-refractivity contribution in [2.45, 2.75) is 37.8 Å². The van der Waals surface area contributed by atoms with Crippen LogP contribution in [0.3, 0.4) is 0 Å². The Morgan fingerprint density at radius 2 is 1.92 bits per heavy atom. The Balaban J connectivity index is 1.32. The molecule has 1 saturated carbocycles. The van der Waals surface area contributed by atoms with E-state index >= 15 is 0 Å². The zero-order valence-electron chi connectivity index (χ0n) is 22.5. The standard InChI is InChI=1S/C31H34ClN5O2/c1-36(2)17-31(8-9-31)18-39-28-13-27(37-15-21-6-7-22(16-37)34-21)30-26(35-28)11-20(14-33-30)24-12-23(38)10-19-4-3-5-25(32)29(19)24/h3-5,10-14,21-22,34,38H,6-9,15-18H2,1-2H3. The lowest BCUT2D eigenvalue weighted by atomic mass is 9.98. The molecular weight excluding hydrogens is 510 g/mol. The van der Waals surface area contributed by atoms with E-state index in [2.05, 4.69) is 41.3 Å². The van der Waals surface area contributed by atoms with Crippen molar-refractivity contribution in [1.29, 1.82) is 0 Å². The minimum Gasteiger partial charge on any atom is -0.508 e. The average Bonchev–Trinajstić information content (AvgIpc) is 3.59. The van der Waals surface area contributed by atoms with Gasteiger partial charge >= 0.3 is 0 Å². The van der Waals surface area contributed by atoms with E-state index in [1.54, 1.807) is 12.1 Å². The largest absolute Gasteiger partial charge is 0.508 e. The molecule has 39 heavy (non-hydrogen) atoms. The Labute approximate surface area is 233 Å². The number of hydrogen-bond donors (Lipinski definition) is 2. The number of pyridine rings is 2. The summed E-state index contributed by atoms with van der Waals surface area (Å²) < 4.78 is 6.43. The van der Waals surface area contributed by atoms with Gasteiger partial charge in [0.15, 0.2) is 0 Å². The van der Waals surface area contributed by atoms with Crippen molar-refractivity contribution in [3.8, 4) is 22.8 Å². The number of phenols is 1. The molecule has 2 atom stereocenters. The molecule has 0 radical (unpaired) electrons. The number of ether oxygens (including phenoxy) is 1. The van der Waals surface area contributed by atoms with Crippen LogP contribution in [0.25, 0.3) is 32.9 Å². The van der Waals surface area contributed by atoms with Crippen molar-refractivity contribution in [2.24, 2.45) is 5.41 Å². The summed E-state index contributed by atoms with van der Waals surface area (Å²) >= 11 is 6.64. The van der Waals surface area contributed by atoms with Gasteiger partial charge in [0.2, 0.25) is 5.88 Å². The molecule has 2 bridgehead atoms. The molecule has 3 fully saturated rings. The van der Waals surface area contributed by atoms with Crippen molar-refractivity contribution < 1.29 is 9.84 Å². The SMILES string of the molecule is CN(C)CC1(COc2cc(N3CC4CCC(C3)N4)c3ncc(-c4cc(O)cc5cccc(Cl)c45)cc3n2)CC1. The highest BCUT2D eigenvalue weighted by Gasteiger charge is 2.44. The van der Waals surface area contributed by atoms with Crippen LogP contribution < -0.4 is 15.0 Å². The normalized spacial score (nSPS) is 21.7. The van der Waals surface area contributed by atoms with E-state index in [0.717, 1.165) is 58.3 Å². The van der Waals surface area contributed by atoms with Gasteiger partial charge < -0.3 is 25.0 Å². The summed E-state index contributed by atoms with van der Waals surface area (Å²) in [4.78, 5) is 14.6. The molecule has 2 aromatic carbocycles. The van der Waals surface area contributed by atoms with Crippen molar-refractivity contribution in [3.63, 3.8) is 0 Å². The Morgan fingerprint density at radius 3 is 2.67 bits per heavy atom. The van der Waals surface area contributed by atoms with Crippen LogP contribution in [0.1, 0.15) is 25.7 Å². The molecule has 2 unspecified atom stereocenters.